The molecule has 0 aromatic carbocycles. The molecule has 0 saturated heterocycles. The highest BCUT2D eigenvalue weighted by Crippen LogP contribution is 2.27. The van der Waals surface area contributed by atoms with Crippen LogP contribution in [0.25, 0.3) is 0 Å². The molecule has 0 amide bonds. The number of hydrogen-bond acceptors (Lipinski definition) is 8. The van der Waals surface area contributed by atoms with Gasteiger partial charge in [-0.15, -0.1) is 21.6 Å². The van der Waals surface area contributed by atoms with E-state index in [4.69, 9.17) is 23.7 Å². The number of hydrogen-bond donors (Lipinski definition) is 3. The van der Waals surface area contributed by atoms with Crippen molar-refractivity contribution in [2.45, 2.75) is 0 Å². The van der Waals surface area contributed by atoms with Crippen molar-refractivity contribution >= 4 is 46.0 Å². The predicted molar refractivity (Wildman–Crippen MR) is 64.5 cm³/mol. The van der Waals surface area contributed by atoms with Gasteiger partial charge in [-0.25, -0.2) is 9.97 Å². The molecule has 7 nitrogen and oxygen atoms in total. The summed E-state index contributed by atoms with van der Waals surface area (Å²) in [5, 5.41) is 10.0. The smallest absolute Gasteiger partial charge is 0.229 e. The lowest BCUT2D eigenvalue weighted by molar-refractivity contribution is 1.11. The highest BCUT2D eigenvalue weighted by molar-refractivity contribution is 7.71. The van der Waals surface area contributed by atoms with Crippen LogP contribution in [-0.2, 0) is 0 Å². The van der Waals surface area contributed by atoms with Crippen molar-refractivity contribution in [2.75, 3.05) is 11.5 Å². The molecule has 0 aliphatic rings. The molecule has 0 spiro atoms. The third-order valence-electron chi connectivity index (χ3n) is 1.62. The maximum absolute atomic E-state index is 5.65. The molecular formula is C7H7N7S2. The average Bonchev–Trinajstić information content (AvgIpc) is 2.68. The number of H-pyrrole nitrogens is 1. The van der Waals surface area contributed by atoms with Gasteiger partial charge < -0.3 is 16.5 Å². The molecule has 0 fully saturated rings. The molecule has 0 saturated carbocycles. The SMILES string of the molecule is Nc1nc(=S)[nH]c(N)c1N=Nc1nccs1. The first-order chi connectivity index (χ1) is 7.66. The molecule has 82 valence electrons. The summed E-state index contributed by atoms with van der Waals surface area (Å²) in [6.07, 6.45) is 1.63. The maximum atomic E-state index is 5.65. The Hall–Kier alpha value is -1.87. The highest BCUT2D eigenvalue weighted by Gasteiger charge is 2.05. The van der Waals surface area contributed by atoms with E-state index < -0.39 is 0 Å². The molecule has 0 bridgehead atoms. The number of anilines is 2. The van der Waals surface area contributed by atoms with Crippen molar-refractivity contribution < 1.29 is 0 Å². The highest BCUT2D eigenvalue weighted by atomic mass is 32.1. The van der Waals surface area contributed by atoms with E-state index in [1.54, 1.807) is 11.6 Å². The third-order valence-corrected chi connectivity index (χ3v) is 2.47. The van der Waals surface area contributed by atoms with Crippen molar-refractivity contribution in [2.24, 2.45) is 10.2 Å². The molecule has 16 heavy (non-hydrogen) atoms. The summed E-state index contributed by atoms with van der Waals surface area (Å²) in [6.45, 7) is 0. The second-order valence-electron chi connectivity index (χ2n) is 2.70. The zero-order valence-electron chi connectivity index (χ0n) is 7.91. The topological polar surface area (TPSA) is 118 Å². The van der Waals surface area contributed by atoms with E-state index >= 15 is 0 Å². The number of aromatic nitrogens is 3. The molecular weight excluding hydrogens is 246 g/mol. The fourth-order valence-corrected chi connectivity index (χ4v) is 1.63. The average molecular weight is 253 g/mol. The van der Waals surface area contributed by atoms with Gasteiger partial charge in [-0.3, -0.25) is 0 Å². The molecule has 0 aliphatic heterocycles. The van der Waals surface area contributed by atoms with Gasteiger partial charge in [-0.1, -0.05) is 0 Å². The lowest BCUT2D eigenvalue weighted by Gasteiger charge is -2.00. The van der Waals surface area contributed by atoms with Crippen LogP contribution in [0.15, 0.2) is 21.8 Å². The standard InChI is InChI=1S/C7H7N7S2/c8-4-3(5(9)12-6(15)11-4)13-14-7-10-1-2-16-7/h1-2H,(H5,8,9,11,12,15). The summed E-state index contributed by atoms with van der Waals surface area (Å²) >= 11 is 6.15. The number of aromatic amines is 1. The summed E-state index contributed by atoms with van der Waals surface area (Å²) in [5.41, 5.74) is 11.5. The molecule has 2 aromatic rings. The minimum Gasteiger partial charge on any atom is -0.383 e. The van der Waals surface area contributed by atoms with Crippen molar-refractivity contribution in [3.05, 3.63) is 16.3 Å². The molecule has 0 aliphatic carbocycles. The maximum Gasteiger partial charge on any atom is 0.229 e. The van der Waals surface area contributed by atoms with Gasteiger partial charge in [0.25, 0.3) is 0 Å². The van der Waals surface area contributed by atoms with Crippen LogP contribution in [0.1, 0.15) is 0 Å². The van der Waals surface area contributed by atoms with Crippen LogP contribution < -0.4 is 11.5 Å². The van der Waals surface area contributed by atoms with Gasteiger partial charge in [0.05, 0.1) is 0 Å². The van der Waals surface area contributed by atoms with Crippen LogP contribution in [-0.4, -0.2) is 15.0 Å². The minimum atomic E-state index is 0.140. The number of nitrogens with one attached hydrogen (secondary N) is 1. The fraction of sp³-hybridized carbons (Fsp3) is 0. The van der Waals surface area contributed by atoms with Gasteiger partial charge in [0.1, 0.15) is 5.82 Å². The van der Waals surface area contributed by atoms with E-state index in [1.807, 2.05) is 0 Å². The second kappa shape index (κ2) is 4.33. The van der Waals surface area contributed by atoms with Gasteiger partial charge in [0.2, 0.25) is 5.13 Å². The van der Waals surface area contributed by atoms with Gasteiger partial charge in [-0.2, -0.15) is 0 Å². The van der Waals surface area contributed by atoms with Crippen LogP contribution in [0.3, 0.4) is 0 Å². The summed E-state index contributed by atoms with van der Waals surface area (Å²) in [4.78, 5) is 10.4. The van der Waals surface area contributed by atoms with E-state index in [2.05, 4.69) is 25.2 Å². The molecule has 2 rings (SSSR count). The van der Waals surface area contributed by atoms with E-state index in [1.165, 1.54) is 11.3 Å². The van der Waals surface area contributed by atoms with E-state index in [0.29, 0.717) is 5.13 Å². The van der Waals surface area contributed by atoms with Gasteiger partial charge in [0, 0.05) is 11.6 Å². The van der Waals surface area contributed by atoms with Crippen LogP contribution in [0.5, 0.6) is 0 Å². The molecule has 0 radical (unpaired) electrons. The van der Waals surface area contributed by atoms with Crippen LogP contribution in [0.4, 0.5) is 22.5 Å². The molecule has 2 heterocycles. The number of thiazole rings is 1. The zero-order chi connectivity index (χ0) is 11.5. The number of azo groups is 1. The molecule has 5 N–H and O–H groups in total. The number of nitrogens with two attached hydrogens (primary N) is 2. The van der Waals surface area contributed by atoms with Crippen LogP contribution in [0.2, 0.25) is 0 Å². The Kier molecular flexibility index (Phi) is 2.88. The van der Waals surface area contributed by atoms with Crippen molar-refractivity contribution in [3.63, 3.8) is 0 Å². The molecule has 0 unspecified atom stereocenters. The number of rotatable bonds is 2. The summed E-state index contributed by atoms with van der Waals surface area (Å²) in [7, 11) is 0. The monoisotopic (exact) mass is 253 g/mol. The Morgan fingerprint density at radius 1 is 1.38 bits per heavy atom. The van der Waals surface area contributed by atoms with Crippen molar-refractivity contribution in [3.8, 4) is 0 Å². The quantitative estimate of drug-likeness (QED) is 0.560. The van der Waals surface area contributed by atoms with E-state index in [0.717, 1.165) is 0 Å². The van der Waals surface area contributed by atoms with E-state index in [-0.39, 0.29) is 22.1 Å². The molecule has 0 atom stereocenters. The predicted octanol–water partition coefficient (Wildman–Crippen LogP) is 2.18. The fourth-order valence-electron chi connectivity index (χ4n) is 0.966. The largest absolute Gasteiger partial charge is 0.383 e. The second-order valence-corrected chi connectivity index (χ2v) is 3.96. The van der Waals surface area contributed by atoms with Crippen LogP contribution >= 0.6 is 23.6 Å². The zero-order valence-corrected chi connectivity index (χ0v) is 9.55. The first-order valence-electron chi connectivity index (χ1n) is 4.13. The summed E-state index contributed by atoms with van der Waals surface area (Å²) < 4.78 is 0.211. The number of nitrogens with zero attached hydrogens (tertiary/aromatic N) is 4. The Bertz CT molecular complexity index is 545. The third kappa shape index (κ3) is 2.20. The van der Waals surface area contributed by atoms with Crippen molar-refractivity contribution in [1.82, 2.24) is 15.0 Å². The summed E-state index contributed by atoms with van der Waals surface area (Å²) in [6, 6.07) is 0. The van der Waals surface area contributed by atoms with E-state index in [9.17, 15) is 0 Å². The first kappa shape index (κ1) is 10.6. The van der Waals surface area contributed by atoms with Crippen LogP contribution in [0, 0.1) is 4.77 Å². The molecule has 2 aromatic heterocycles. The Morgan fingerprint density at radius 2 is 2.19 bits per heavy atom. The molecule has 9 heteroatoms. The van der Waals surface area contributed by atoms with Gasteiger partial charge in [0.15, 0.2) is 16.3 Å². The lowest BCUT2D eigenvalue weighted by Crippen LogP contribution is -1.98. The number of nitrogen functional groups attached to an aromatic ring is 2. The van der Waals surface area contributed by atoms with Crippen molar-refractivity contribution in [1.29, 1.82) is 0 Å². The summed E-state index contributed by atoms with van der Waals surface area (Å²) in [5.74, 6) is 0.374. The first-order valence-corrected chi connectivity index (χ1v) is 5.42. The Balaban J connectivity index is 2.38. The minimum absolute atomic E-state index is 0.140. The Labute approximate surface area is 99.3 Å². The Morgan fingerprint density at radius 3 is 2.81 bits per heavy atom. The van der Waals surface area contributed by atoms with Gasteiger partial charge >= 0.3 is 0 Å². The lowest BCUT2D eigenvalue weighted by atomic mass is 10.4. The van der Waals surface area contributed by atoms with Gasteiger partial charge in [-0.05, 0) is 12.2 Å². The normalized spacial score (nSPS) is 11.0.